The first-order chi connectivity index (χ1) is 13.5. The van der Waals surface area contributed by atoms with Gasteiger partial charge in [0.1, 0.15) is 5.75 Å². The lowest BCUT2D eigenvalue weighted by Crippen LogP contribution is -2.47. The average molecular weight is 374 g/mol. The lowest BCUT2D eigenvalue weighted by atomic mass is 10.0. The van der Waals surface area contributed by atoms with E-state index < -0.39 is 17.9 Å². The number of carbonyl (C=O) groups is 2. The zero-order chi connectivity index (χ0) is 19.9. The lowest BCUT2D eigenvalue weighted by Gasteiger charge is -2.15. The molecule has 0 saturated heterocycles. The van der Waals surface area contributed by atoms with E-state index in [1.165, 1.54) is 0 Å². The van der Waals surface area contributed by atoms with Crippen molar-refractivity contribution in [3.8, 4) is 16.9 Å². The van der Waals surface area contributed by atoms with E-state index in [1.807, 2.05) is 67.6 Å². The maximum atomic E-state index is 12.3. The van der Waals surface area contributed by atoms with Gasteiger partial charge in [0.05, 0.1) is 0 Å². The number of aryl methyl sites for hydroxylation is 1. The zero-order valence-electron chi connectivity index (χ0n) is 15.8. The molecule has 0 saturated carbocycles. The number of carbonyl (C=O) groups excluding carboxylic acids is 2. The van der Waals surface area contributed by atoms with Gasteiger partial charge in [-0.3, -0.25) is 20.4 Å². The van der Waals surface area contributed by atoms with Crippen LogP contribution in [0.2, 0.25) is 0 Å². The minimum Gasteiger partial charge on any atom is -0.481 e. The summed E-state index contributed by atoms with van der Waals surface area (Å²) in [6.07, 6.45) is -0.748. The molecular formula is C23H22N2O3. The van der Waals surface area contributed by atoms with Crippen molar-refractivity contribution in [2.45, 2.75) is 20.0 Å². The second-order valence-electron chi connectivity index (χ2n) is 6.46. The predicted molar refractivity (Wildman–Crippen MR) is 109 cm³/mol. The topological polar surface area (TPSA) is 67.4 Å². The van der Waals surface area contributed by atoms with Crippen molar-refractivity contribution >= 4 is 11.8 Å². The first-order valence-electron chi connectivity index (χ1n) is 9.02. The van der Waals surface area contributed by atoms with E-state index in [0.29, 0.717) is 11.3 Å². The molecule has 0 aliphatic rings. The fourth-order valence-corrected chi connectivity index (χ4v) is 2.68. The van der Waals surface area contributed by atoms with Gasteiger partial charge in [-0.05, 0) is 54.8 Å². The number of rotatable bonds is 5. The summed E-state index contributed by atoms with van der Waals surface area (Å²) in [5, 5.41) is 0. The Kier molecular flexibility index (Phi) is 6.07. The number of hydrazine groups is 1. The standard InChI is InChI=1S/C23H22N2O3/c1-16-7-6-10-21(15-16)28-17(2)22(26)24-25-23(27)20-13-11-19(12-14-20)18-8-4-3-5-9-18/h3-15,17H,1-2H3,(H,24,26)(H,25,27). The molecule has 0 fully saturated rings. The van der Waals surface area contributed by atoms with Gasteiger partial charge in [0.15, 0.2) is 6.10 Å². The van der Waals surface area contributed by atoms with Gasteiger partial charge in [-0.25, -0.2) is 0 Å². The molecule has 0 bridgehead atoms. The molecule has 3 rings (SSSR count). The highest BCUT2D eigenvalue weighted by Gasteiger charge is 2.16. The van der Waals surface area contributed by atoms with Crippen LogP contribution in [0.15, 0.2) is 78.9 Å². The molecule has 1 atom stereocenters. The van der Waals surface area contributed by atoms with Crippen molar-refractivity contribution in [2.24, 2.45) is 0 Å². The highest BCUT2D eigenvalue weighted by molar-refractivity contribution is 5.96. The molecule has 2 N–H and O–H groups in total. The number of ether oxygens (including phenoxy) is 1. The van der Waals surface area contributed by atoms with Crippen LogP contribution in [0.1, 0.15) is 22.8 Å². The summed E-state index contributed by atoms with van der Waals surface area (Å²) >= 11 is 0. The fourth-order valence-electron chi connectivity index (χ4n) is 2.68. The van der Waals surface area contributed by atoms with E-state index in [9.17, 15) is 9.59 Å². The van der Waals surface area contributed by atoms with E-state index in [1.54, 1.807) is 25.1 Å². The molecule has 142 valence electrons. The Morgan fingerprint density at radius 1 is 0.821 bits per heavy atom. The van der Waals surface area contributed by atoms with E-state index in [-0.39, 0.29) is 0 Å². The summed E-state index contributed by atoms with van der Waals surface area (Å²) in [6, 6.07) is 24.5. The van der Waals surface area contributed by atoms with E-state index in [2.05, 4.69) is 10.9 Å². The maximum absolute atomic E-state index is 12.3. The van der Waals surface area contributed by atoms with E-state index in [4.69, 9.17) is 4.74 Å². The Bertz CT molecular complexity index is 953. The van der Waals surface area contributed by atoms with Crippen molar-refractivity contribution in [3.63, 3.8) is 0 Å². The molecule has 5 heteroatoms. The second-order valence-corrected chi connectivity index (χ2v) is 6.46. The van der Waals surface area contributed by atoms with Crippen LogP contribution in [0.25, 0.3) is 11.1 Å². The summed E-state index contributed by atoms with van der Waals surface area (Å²) in [7, 11) is 0. The summed E-state index contributed by atoms with van der Waals surface area (Å²) in [4.78, 5) is 24.4. The molecule has 0 aliphatic heterocycles. The Hall–Kier alpha value is -3.60. The molecular weight excluding hydrogens is 352 g/mol. The van der Waals surface area contributed by atoms with Crippen LogP contribution in [0.5, 0.6) is 5.75 Å². The van der Waals surface area contributed by atoms with Crippen molar-refractivity contribution in [1.82, 2.24) is 10.9 Å². The smallest absolute Gasteiger partial charge is 0.279 e. The molecule has 0 aliphatic carbocycles. The minimum absolute atomic E-state index is 0.393. The maximum Gasteiger partial charge on any atom is 0.279 e. The number of hydrogen-bond donors (Lipinski definition) is 2. The van der Waals surface area contributed by atoms with Gasteiger partial charge in [0.25, 0.3) is 11.8 Å². The number of hydrogen-bond acceptors (Lipinski definition) is 3. The lowest BCUT2D eigenvalue weighted by molar-refractivity contribution is -0.128. The van der Waals surface area contributed by atoms with Crippen molar-refractivity contribution in [1.29, 1.82) is 0 Å². The first-order valence-corrected chi connectivity index (χ1v) is 9.02. The molecule has 0 radical (unpaired) electrons. The third-order valence-corrected chi connectivity index (χ3v) is 4.23. The van der Waals surface area contributed by atoms with Gasteiger partial charge in [0.2, 0.25) is 0 Å². The summed E-state index contributed by atoms with van der Waals surface area (Å²) in [5.41, 5.74) is 8.40. The molecule has 0 spiro atoms. The Labute approximate surface area is 164 Å². The molecule has 3 aromatic carbocycles. The van der Waals surface area contributed by atoms with Crippen molar-refractivity contribution in [2.75, 3.05) is 0 Å². The molecule has 2 amide bonds. The quantitative estimate of drug-likeness (QED) is 0.666. The number of amides is 2. The van der Waals surface area contributed by atoms with Gasteiger partial charge in [-0.15, -0.1) is 0 Å². The molecule has 28 heavy (non-hydrogen) atoms. The van der Waals surface area contributed by atoms with Gasteiger partial charge < -0.3 is 4.74 Å². The van der Waals surface area contributed by atoms with Crippen LogP contribution in [0, 0.1) is 6.92 Å². The zero-order valence-corrected chi connectivity index (χ0v) is 15.8. The summed E-state index contributed by atoms with van der Waals surface area (Å²) in [5.74, 6) is -0.225. The first kappa shape index (κ1) is 19.2. The van der Waals surface area contributed by atoms with Crippen LogP contribution in [-0.4, -0.2) is 17.9 Å². The average Bonchev–Trinajstić information content (AvgIpc) is 2.72. The largest absolute Gasteiger partial charge is 0.481 e. The van der Waals surface area contributed by atoms with Gasteiger partial charge in [-0.1, -0.05) is 54.6 Å². The molecule has 0 aromatic heterocycles. The van der Waals surface area contributed by atoms with Gasteiger partial charge in [-0.2, -0.15) is 0 Å². The molecule has 3 aromatic rings. The molecule has 5 nitrogen and oxygen atoms in total. The monoisotopic (exact) mass is 374 g/mol. The Morgan fingerprint density at radius 3 is 2.18 bits per heavy atom. The third kappa shape index (κ3) is 4.98. The molecule has 0 heterocycles. The van der Waals surface area contributed by atoms with Crippen molar-refractivity contribution in [3.05, 3.63) is 90.0 Å². The number of benzene rings is 3. The normalized spacial score (nSPS) is 11.4. The SMILES string of the molecule is Cc1cccc(OC(C)C(=O)NNC(=O)c2ccc(-c3ccccc3)cc2)c1. The minimum atomic E-state index is -0.748. The highest BCUT2D eigenvalue weighted by atomic mass is 16.5. The van der Waals surface area contributed by atoms with Crippen LogP contribution < -0.4 is 15.6 Å². The Morgan fingerprint density at radius 2 is 1.50 bits per heavy atom. The third-order valence-electron chi connectivity index (χ3n) is 4.23. The van der Waals surface area contributed by atoms with Crippen LogP contribution >= 0.6 is 0 Å². The van der Waals surface area contributed by atoms with Crippen LogP contribution in [0.3, 0.4) is 0 Å². The van der Waals surface area contributed by atoms with E-state index >= 15 is 0 Å². The molecule has 1 unspecified atom stereocenters. The predicted octanol–water partition coefficient (Wildman–Crippen LogP) is 3.89. The van der Waals surface area contributed by atoms with Gasteiger partial charge in [0, 0.05) is 5.56 Å². The van der Waals surface area contributed by atoms with Crippen LogP contribution in [0.4, 0.5) is 0 Å². The van der Waals surface area contributed by atoms with E-state index in [0.717, 1.165) is 16.7 Å². The summed E-state index contributed by atoms with van der Waals surface area (Å²) in [6.45, 7) is 3.57. The number of nitrogens with one attached hydrogen (secondary N) is 2. The van der Waals surface area contributed by atoms with Crippen LogP contribution in [-0.2, 0) is 4.79 Å². The van der Waals surface area contributed by atoms with Gasteiger partial charge >= 0.3 is 0 Å². The Balaban J connectivity index is 1.53. The summed E-state index contributed by atoms with van der Waals surface area (Å²) < 4.78 is 5.60. The fraction of sp³-hybridized carbons (Fsp3) is 0.130. The highest BCUT2D eigenvalue weighted by Crippen LogP contribution is 2.19. The second kappa shape index (κ2) is 8.86. The van der Waals surface area contributed by atoms with Crippen molar-refractivity contribution < 1.29 is 14.3 Å².